The van der Waals surface area contributed by atoms with Gasteiger partial charge in [-0.2, -0.15) is 5.10 Å². The van der Waals surface area contributed by atoms with Gasteiger partial charge in [-0.15, -0.1) is 0 Å². The molecule has 4 heteroatoms. The monoisotopic (exact) mass is 197 g/mol. The lowest BCUT2D eigenvalue weighted by Crippen LogP contribution is -2.09. The normalized spacial score (nSPS) is 10.9. The van der Waals surface area contributed by atoms with Crippen LogP contribution in [0.4, 0.5) is 0 Å². The van der Waals surface area contributed by atoms with Crippen LogP contribution in [-0.4, -0.2) is 21.5 Å². The van der Waals surface area contributed by atoms with Crippen LogP contribution >= 0.6 is 0 Å². The second-order valence-corrected chi connectivity index (χ2v) is 3.23. The topological polar surface area (TPSA) is 64.1 Å². The summed E-state index contributed by atoms with van der Waals surface area (Å²) in [5, 5.41) is 13.3. The number of nitrogens with zero attached hydrogens (tertiary/aromatic N) is 2. The van der Waals surface area contributed by atoms with Crippen LogP contribution in [0, 0.1) is 0 Å². The molecule has 0 aliphatic heterocycles. The van der Waals surface area contributed by atoms with Gasteiger partial charge >= 0.3 is 0 Å². The Kier molecular flexibility index (Phi) is 4.10. The van der Waals surface area contributed by atoms with Gasteiger partial charge in [0.2, 0.25) is 0 Å². The third-order valence-corrected chi connectivity index (χ3v) is 2.44. The number of nitrogens with two attached hydrogens (primary N) is 1. The molecule has 0 atom stereocenters. The first-order chi connectivity index (χ1) is 6.78. The average Bonchev–Trinajstić information content (AvgIpc) is 2.55. The van der Waals surface area contributed by atoms with Gasteiger partial charge in [-0.25, -0.2) is 0 Å². The molecular weight excluding hydrogens is 178 g/mol. The second kappa shape index (κ2) is 5.12. The lowest BCUT2D eigenvalue weighted by Gasteiger charge is -2.04. The molecule has 0 radical (unpaired) electrons. The van der Waals surface area contributed by atoms with Crippen molar-refractivity contribution >= 4 is 0 Å². The van der Waals surface area contributed by atoms with Gasteiger partial charge in [-0.1, -0.05) is 13.8 Å². The van der Waals surface area contributed by atoms with Gasteiger partial charge in [0, 0.05) is 17.8 Å². The molecular formula is C10H19N3O. The molecule has 0 aliphatic carbocycles. The second-order valence-electron chi connectivity index (χ2n) is 3.23. The van der Waals surface area contributed by atoms with E-state index in [-0.39, 0.29) is 6.61 Å². The zero-order chi connectivity index (χ0) is 10.6. The minimum atomic E-state index is 0.127. The highest BCUT2D eigenvalue weighted by atomic mass is 16.3. The fourth-order valence-electron chi connectivity index (χ4n) is 1.78. The highest BCUT2D eigenvalue weighted by Gasteiger charge is 2.13. The first-order valence-corrected chi connectivity index (χ1v) is 5.16. The molecule has 0 fully saturated rings. The molecule has 80 valence electrons. The fourth-order valence-corrected chi connectivity index (χ4v) is 1.78. The van der Waals surface area contributed by atoms with E-state index in [9.17, 15) is 0 Å². The van der Waals surface area contributed by atoms with Crippen molar-refractivity contribution in [1.29, 1.82) is 0 Å². The molecule has 0 spiro atoms. The number of hydrogen-bond acceptors (Lipinski definition) is 3. The van der Waals surface area contributed by atoms with E-state index in [0.29, 0.717) is 13.1 Å². The minimum Gasteiger partial charge on any atom is -0.394 e. The van der Waals surface area contributed by atoms with Crippen LogP contribution in [0.5, 0.6) is 0 Å². The maximum absolute atomic E-state index is 8.89. The molecule has 0 saturated heterocycles. The van der Waals surface area contributed by atoms with Gasteiger partial charge in [-0.05, 0) is 12.8 Å². The Labute approximate surface area is 84.7 Å². The van der Waals surface area contributed by atoms with Gasteiger partial charge in [0.25, 0.3) is 0 Å². The molecule has 0 bridgehead atoms. The van der Waals surface area contributed by atoms with Crippen molar-refractivity contribution < 1.29 is 5.11 Å². The van der Waals surface area contributed by atoms with Crippen molar-refractivity contribution in [2.45, 2.75) is 39.8 Å². The SMILES string of the molecule is CCc1nn(CCO)c(CC)c1CN. The Morgan fingerprint density at radius 1 is 1.36 bits per heavy atom. The van der Waals surface area contributed by atoms with Crippen molar-refractivity contribution in [2.24, 2.45) is 5.73 Å². The van der Waals surface area contributed by atoms with Gasteiger partial charge in [0.05, 0.1) is 18.8 Å². The predicted molar refractivity (Wildman–Crippen MR) is 56.0 cm³/mol. The molecule has 0 unspecified atom stereocenters. The highest BCUT2D eigenvalue weighted by molar-refractivity contribution is 5.26. The van der Waals surface area contributed by atoms with Crippen molar-refractivity contribution in [3.05, 3.63) is 17.0 Å². The third kappa shape index (κ3) is 1.96. The summed E-state index contributed by atoms with van der Waals surface area (Å²) in [5.74, 6) is 0. The van der Waals surface area contributed by atoms with Crippen LogP contribution in [0.15, 0.2) is 0 Å². The lowest BCUT2D eigenvalue weighted by atomic mass is 10.1. The van der Waals surface area contributed by atoms with Crippen LogP contribution in [0.2, 0.25) is 0 Å². The van der Waals surface area contributed by atoms with Crippen LogP contribution in [-0.2, 0) is 25.9 Å². The Hall–Kier alpha value is -0.870. The summed E-state index contributed by atoms with van der Waals surface area (Å²) in [6.45, 7) is 5.39. The molecule has 1 aromatic heterocycles. The smallest absolute Gasteiger partial charge is 0.0669 e. The third-order valence-electron chi connectivity index (χ3n) is 2.44. The molecule has 3 N–H and O–H groups in total. The molecule has 1 rings (SSSR count). The standard InChI is InChI=1S/C10H19N3O/c1-3-9-8(7-11)10(4-2)13(12-9)5-6-14/h14H,3-7,11H2,1-2H3. The number of rotatable bonds is 5. The van der Waals surface area contributed by atoms with Gasteiger partial charge in [-0.3, -0.25) is 4.68 Å². The van der Waals surface area contributed by atoms with Crippen LogP contribution in [0.25, 0.3) is 0 Å². The fraction of sp³-hybridized carbons (Fsp3) is 0.700. The molecule has 1 heterocycles. The van der Waals surface area contributed by atoms with E-state index in [2.05, 4.69) is 18.9 Å². The van der Waals surface area contributed by atoms with Crippen molar-refractivity contribution in [2.75, 3.05) is 6.61 Å². The van der Waals surface area contributed by atoms with Gasteiger partial charge in [0.15, 0.2) is 0 Å². The van der Waals surface area contributed by atoms with Crippen LogP contribution < -0.4 is 5.73 Å². The Morgan fingerprint density at radius 2 is 2.07 bits per heavy atom. The first kappa shape index (κ1) is 11.2. The van der Waals surface area contributed by atoms with E-state index in [1.165, 1.54) is 5.69 Å². The first-order valence-electron chi connectivity index (χ1n) is 5.16. The summed E-state index contributed by atoms with van der Waals surface area (Å²) in [4.78, 5) is 0. The summed E-state index contributed by atoms with van der Waals surface area (Å²) in [6.07, 6.45) is 1.82. The Bertz CT molecular complexity index is 294. The molecule has 14 heavy (non-hydrogen) atoms. The summed E-state index contributed by atoms with van der Waals surface area (Å²) in [5.41, 5.74) is 9.08. The van der Waals surface area contributed by atoms with E-state index < -0.39 is 0 Å². The Balaban J connectivity index is 3.10. The zero-order valence-electron chi connectivity index (χ0n) is 8.95. The van der Waals surface area contributed by atoms with E-state index in [1.54, 1.807) is 0 Å². The number of hydrogen-bond donors (Lipinski definition) is 2. The molecule has 0 amide bonds. The minimum absolute atomic E-state index is 0.127. The summed E-state index contributed by atoms with van der Waals surface area (Å²) >= 11 is 0. The zero-order valence-corrected chi connectivity index (χ0v) is 8.95. The average molecular weight is 197 g/mol. The van der Waals surface area contributed by atoms with Crippen LogP contribution in [0.1, 0.15) is 30.8 Å². The van der Waals surface area contributed by atoms with Gasteiger partial charge < -0.3 is 10.8 Å². The van der Waals surface area contributed by atoms with Crippen molar-refractivity contribution in [1.82, 2.24) is 9.78 Å². The lowest BCUT2D eigenvalue weighted by molar-refractivity contribution is 0.267. The Morgan fingerprint density at radius 3 is 2.50 bits per heavy atom. The summed E-state index contributed by atoms with van der Waals surface area (Å²) in [7, 11) is 0. The number of aliphatic hydroxyl groups excluding tert-OH is 1. The maximum Gasteiger partial charge on any atom is 0.0669 e. The van der Waals surface area contributed by atoms with E-state index in [0.717, 1.165) is 24.1 Å². The number of aromatic nitrogens is 2. The number of aryl methyl sites for hydroxylation is 1. The van der Waals surface area contributed by atoms with Crippen molar-refractivity contribution in [3.63, 3.8) is 0 Å². The molecule has 1 aromatic rings. The molecule has 4 nitrogen and oxygen atoms in total. The number of aliphatic hydroxyl groups is 1. The molecule has 0 aromatic carbocycles. The highest BCUT2D eigenvalue weighted by Crippen LogP contribution is 2.15. The van der Waals surface area contributed by atoms with E-state index >= 15 is 0 Å². The largest absolute Gasteiger partial charge is 0.394 e. The van der Waals surface area contributed by atoms with Crippen LogP contribution in [0.3, 0.4) is 0 Å². The quantitative estimate of drug-likeness (QED) is 0.720. The van der Waals surface area contributed by atoms with Gasteiger partial charge in [0.1, 0.15) is 0 Å². The van der Waals surface area contributed by atoms with E-state index in [1.807, 2.05) is 4.68 Å². The molecule has 0 aliphatic rings. The van der Waals surface area contributed by atoms with E-state index in [4.69, 9.17) is 10.8 Å². The summed E-state index contributed by atoms with van der Waals surface area (Å²) < 4.78 is 1.88. The maximum atomic E-state index is 8.89. The predicted octanol–water partition coefficient (Wildman–Crippen LogP) is 0.459. The molecule has 0 saturated carbocycles. The van der Waals surface area contributed by atoms with Crippen molar-refractivity contribution in [3.8, 4) is 0 Å². The summed E-state index contributed by atoms with van der Waals surface area (Å²) in [6, 6.07) is 0.